The fourth-order valence-electron chi connectivity index (χ4n) is 1.88. The normalized spacial score (nSPS) is 31.2. The number of rotatable bonds is 2. The van der Waals surface area contributed by atoms with E-state index in [0.29, 0.717) is 6.42 Å². The van der Waals surface area contributed by atoms with Gasteiger partial charge in [-0.3, -0.25) is 4.79 Å². The maximum atomic E-state index is 13.9. The summed E-state index contributed by atoms with van der Waals surface area (Å²) < 4.78 is 13.9. The maximum Gasteiger partial charge on any atom is 0.306 e. The molecule has 0 aliphatic carbocycles. The monoisotopic (exact) mass is 189 g/mol. The number of carbonyl (C=O) groups is 1. The number of aliphatic carboxylic acids is 1. The van der Waals surface area contributed by atoms with E-state index in [4.69, 9.17) is 5.11 Å². The van der Waals surface area contributed by atoms with Crippen LogP contribution in [-0.4, -0.2) is 41.8 Å². The topological polar surface area (TPSA) is 40.5 Å². The summed E-state index contributed by atoms with van der Waals surface area (Å²) in [6, 6.07) is 0. The highest BCUT2D eigenvalue weighted by Gasteiger charge is 2.34. The first-order chi connectivity index (χ1) is 6.02. The second-order valence-electron chi connectivity index (χ2n) is 3.92. The highest BCUT2D eigenvalue weighted by atomic mass is 19.1. The van der Waals surface area contributed by atoms with Gasteiger partial charge in [-0.05, 0) is 32.9 Å². The largest absolute Gasteiger partial charge is 0.481 e. The van der Waals surface area contributed by atoms with Gasteiger partial charge >= 0.3 is 5.97 Å². The summed E-state index contributed by atoms with van der Waals surface area (Å²) in [6.07, 6.45) is 1.76. The molecule has 1 N–H and O–H groups in total. The molecule has 1 fully saturated rings. The van der Waals surface area contributed by atoms with Gasteiger partial charge in [0.1, 0.15) is 5.67 Å². The van der Waals surface area contributed by atoms with E-state index in [-0.39, 0.29) is 13.0 Å². The van der Waals surface area contributed by atoms with Crippen molar-refractivity contribution in [3.8, 4) is 0 Å². The third-order valence-electron chi connectivity index (χ3n) is 2.44. The number of carboxylic acids is 1. The van der Waals surface area contributed by atoms with E-state index < -0.39 is 11.6 Å². The quantitative estimate of drug-likeness (QED) is 0.711. The molecule has 13 heavy (non-hydrogen) atoms. The molecule has 4 heteroatoms. The molecule has 1 unspecified atom stereocenters. The second kappa shape index (κ2) is 4.05. The molecule has 3 nitrogen and oxygen atoms in total. The standard InChI is InChI=1S/C9H16FNO2/c1-11-5-3-2-4-9(10,7-11)6-8(12)13/h2-7H2,1H3,(H,12,13). The first-order valence-corrected chi connectivity index (χ1v) is 4.61. The van der Waals surface area contributed by atoms with Gasteiger partial charge in [-0.2, -0.15) is 0 Å². The van der Waals surface area contributed by atoms with Gasteiger partial charge in [-0.1, -0.05) is 0 Å². The number of nitrogens with zero attached hydrogens (tertiary/aromatic N) is 1. The Morgan fingerprint density at radius 1 is 1.62 bits per heavy atom. The number of hydrogen-bond acceptors (Lipinski definition) is 2. The van der Waals surface area contributed by atoms with E-state index in [1.54, 1.807) is 0 Å². The van der Waals surface area contributed by atoms with Crippen LogP contribution >= 0.6 is 0 Å². The minimum atomic E-state index is -1.52. The van der Waals surface area contributed by atoms with Crippen LogP contribution in [0.25, 0.3) is 0 Å². The van der Waals surface area contributed by atoms with Gasteiger partial charge in [0.15, 0.2) is 0 Å². The fourth-order valence-corrected chi connectivity index (χ4v) is 1.88. The van der Waals surface area contributed by atoms with Crippen LogP contribution in [0.15, 0.2) is 0 Å². The second-order valence-corrected chi connectivity index (χ2v) is 3.92. The predicted molar refractivity (Wildman–Crippen MR) is 47.4 cm³/mol. The molecule has 1 aliphatic heterocycles. The van der Waals surface area contributed by atoms with Gasteiger partial charge in [0.25, 0.3) is 0 Å². The van der Waals surface area contributed by atoms with Crippen LogP contribution in [0.5, 0.6) is 0 Å². The highest BCUT2D eigenvalue weighted by molar-refractivity contribution is 5.68. The van der Waals surface area contributed by atoms with Crippen LogP contribution in [-0.2, 0) is 4.79 Å². The molecular weight excluding hydrogens is 173 g/mol. The third kappa shape index (κ3) is 3.30. The zero-order valence-corrected chi connectivity index (χ0v) is 7.92. The number of carboxylic acid groups (broad SMARTS) is 1. The smallest absolute Gasteiger partial charge is 0.306 e. The van der Waals surface area contributed by atoms with Gasteiger partial charge in [-0.15, -0.1) is 0 Å². The van der Waals surface area contributed by atoms with Crippen molar-refractivity contribution in [2.45, 2.75) is 31.4 Å². The molecule has 0 aromatic heterocycles. The Morgan fingerprint density at radius 3 is 2.92 bits per heavy atom. The van der Waals surface area contributed by atoms with Gasteiger partial charge in [-0.25, -0.2) is 4.39 Å². The summed E-state index contributed by atoms with van der Waals surface area (Å²) in [5.74, 6) is -1.04. The van der Waals surface area contributed by atoms with Crippen molar-refractivity contribution in [3.63, 3.8) is 0 Å². The van der Waals surface area contributed by atoms with E-state index in [1.165, 1.54) is 0 Å². The van der Waals surface area contributed by atoms with E-state index in [9.17, 15) is 9.18 Å². The maximum absolute atomic E-state index is 13.9. The van der Waals surface area contributed by atoms with E-state index in [0.717, 1.165) is 19.4 Å². The summed E-state index contributed by atoms with van der Waals surface area (Å²) in [7, 11) is 1.83. The van der Waals surface area contributed by atoms with Crippen LogP contribution < -0.4 is 0 Å². The molecule has 0 amide bonds. The van der Waals surface area contributed by atoms with Crippen molar-refractivity contribution in [1.82, 2.24) is 4.90 Å². The van der Waals surface area contributed by atoms with Crippen LogP contribution in [0, 0.1) is 0 Å². The molecular formula is C9H16FNO2. The Balaban J connectivity index is 2.57. The Hall–Kier alpha value is -0.640. The molecule has 1 saturated heterocycles. The molecule has 1 aliphatic rings. The predicted octanol–water partition coefficient (Wildman–Crippen LogP) is 1.29. The van der Waals surface area contributed by atoms with Crippen molar-refractivity contribution >= 4 is 5.97 Å². The number of halogens is 1. The zero-order valence-electron chi connectivity index (χ0n) is 7.92. The molecule has 1 atom stereocenters. The minimum absolute atomic E-state index is 0.249. The molecule has 0 aromatic carbocycles. The van der Waals surface area contributed by atoms with E-state index in [2.05, 4.69) is 0 Å². The summed E-state index contributed by atoms with van der Waals surface area (Å²) in [5, 5.41) is 8.55. The first kappa shape index (κ1) is 10.4. The Bertz CT molecular complexity index is 198. The minimum Gasteiger partial charge on any atom is -0.481 e. The molecule has 0 spiro atoms. The Kier molecular flexibility index (Phi) is 3.25. The van der Waals surface area contributed by atoms with Crippen LogP contribution in [0.2, 0.25) is 0 Å². The number of alkyl halides is 1. The van der Waals surface area contributed by atoms with Gasteiger partial charge < -0.3 is 10.0 Å². The molecule has 1 heterocycles. The number of hydrogen-bond donors (Lipinski definition) is 1. The van der Waals surface area contributed by atoms with Gasteiger partial charge in [0.2, 0.25) is 0 Å². The van der Waals surface area contributed by atoms with Crippen LogP contribution in [0.3, 0.4) is 0 Å². The lowest BCUT2D eigenvalue weighted by molar-refractivity contribution is -0.140. The zero-order chi connectivity index (χ0) is 9.90. The summed E-state index contributed by atoms with van der Waals surface area (Å²) in [6.45, 7) is 1.12. The van der Waals surface area contributed by atoms with Crippen molar-refractivity contribution in [2.75, 3.05) is 20.1 Å². The van der Waals surface area contributed by atoms with Crippen LogP contribution in [0.4, 0.5) is 4.39 Å². The van der Waals surface area contributed by atoms with Crippen molar-refractivity contribution in [1.29, 1.82) is 0 Å². The summed E-state index contributed by atoms with van der Waals surface area (Å²) >= 11 is 0. The average molecular weight is 189 g/mol. The lowest BCUT2D eigenvalue weighted by atomic mass is 9.96. The third-order valence-corrected chi connectivity index (χ3v) is 2.44. The van der Waals surface area contributed by atoms with Gasteiger partial charge in [0, 0.05) is 6.54 Å². The van der Waals surface area contributed by atoms with Gasteiger partial charge in [0.05, 0.1) is 6.42 Å². The van der Waals surface area contributed by atoms with Crippen molar-refractivity contribution in [3.05, 3.63) is 0 Å². The molecule has 76 valence electrons. The molecule has 0 radical (unpaired) electrons. The van der Waals surface area contributed by atoms with E-state index in [1.807, 2.05) is 11.9 Å². The summed E-state index contributed by atoms with van der Waals surface area (Å²) in [4.78, 5) is 12.3. The Morgan fingerprint density at radius 2 is 2.31 bits per heavy atom. The first-order valence-electron chi connectivity index (χ1n) is 4.61. The average Bonchev–Trinajstić information content (AvgIpc) is 2.09. The number of likely N-dealkylation sites (tertiary alicyclic amines) is 1. The Labute approximate surface area is 77.5 Å². The summed E-state index contributed by atoms with van der Waals surface area (Å²) in [5.41, 5.74) is -1.52. The molecule has 1 rings (SSSR count). The molecule has 0 saturated carbocycles. The van der Waals surface area contributed by atoms with Crippen LogP contribution in [0.1, 0.15) is 25.7 Å². The SMILES string of the molecule is CN1CCCCC(F)(CC(=O)O)C1. The van der Waals surface area contributed by atoms with Crippen molar-refractivity contribution in [2.24, 2.45) is 0 Å². The fraction of sp³-hybridized carbons (Fsp3) is 0.889. The van der Waals surface area contributed by atoms with Crippen molar-refractivity contribution < 1.29 is 14.3 Å². The van der Waals surface area contributed by atoms with E-state index >= 15 is 0 Å². The highest BCUT2D eigenvalue weighted by Crippen LogP contribution is 2.27. The molecule has 0 bridgehead atoms. The molecule has 0 aromatic rings. The lowest BCUT2D eigenvalue weighted by Crippen LogP contribution is -2.37. The lowest BCUT2D eigenvalue weighted by Gasteiger charge is -2.25.